The highest BCUT2D eigenvalue weighted by atomic mass is 16.5. The van der Waals surface area contributed by atoms with E-state index in [0.717, 1.165) is 18.6 Å². The quantitative estimate of drug-likeness (QED) is 0.656. The first kappa shape index (κ1) is 13.0. The molecule has 2 unspecified atom stereocenters. The summed E-state index contributed by atoms with van der Waals surface area (Å²) >= 11 is 0. The summed E-state index contributed by atoms with van der Waals surface area (Å²) < 4.78 is 5.78. The van der Waals surface area contributed by atoms with E-state index in [2.05, 4.69) is 26.1 Å². The molecule has 1 saturated heterocycles. The maximum Gasteiger partial charge on any atom is 0.0549 e. The number of nitrogens with one attached hydrogen (secondary N) is 1. The lowest BCUT2D eigenvalue weighted by Gasteiger charge is -2.16. The minimum Gasteiger partial charge on any atom is -0.378 e. The molecule has 0 radical (unpaired) electrons. The van der Waals surface area contributed by atoms with Crippen molar-refractivity contribution in [1.29, 1.82) is 0 Å². The molecular weight excluding hydrogens is 186 g/mol. The second-order valence-corrected chi connectivity index (χ2v) is 5.25. The maximum atomic E-state index is 5.78. The lowest BCUT2D eigenvalue weighted by molar-refractivity contribution is 0.0487. The fourth-order valence-corrected chi connectivity index (χ4v) is 2.35. The van der Waals surface area contributed by atoms with Crippen LogP contribution in [0.25, 0.3) is 0 Å². The van der Waals surface area contributed by atoms with Gasteiger partial charge in [0.1, 0.15) is 0 Å². The SMILES string of the molecule is CC(C)CC(C)OCCCC1CCCN1. The van der Waals surface area contributed by atoms with E-state index in [1.54, 1.807) is 0 Å². The topological polar surface area (TPSA) is 21.3 Å². The van der Waals surface area contributed by atoms with E-state index in [1.807, 2.05) is 0 Å². The van der Waals surface area contributed by atoms with Gasteiger partial charge in [-0.15, -0.1) is 0 Å². The Labute approximate surface area is 94.8 Å². The summed E-state index contributed by atoms with van der Waals surface area (Å²) in [5, 5.41) is 3.52. The summed E-state index contributed by atoms with van der Waals surface area (Å²) in [5.74, 6) is 0.747. The molecule has 1 aliphatic heterocycles. The van der Waals surface area contributed by atoms with Crippen molar-refractivity contribution >= 4 is 0 Å². The third-order valence-electron chi connectivity index (χ3n) is 3.06. The van der Waals surface area contributed by atoms with Crippen molar-refractivity contribution in [3.05, 3.63) is 0 Å². The summed E-state index contributed by atoms with van der Waals surface area (Å²) in [6.45, 7) is 8.85. The van der Waals surface area contributed by atoms with Crippen molar-refractivity contribution in [2.45, 2.75) is 65.0 Å². The molecule has 2 atom stereocenters. The average molecular weight is 213 g/mol. The van der Waals surface area contributed by atoms with Gasteiger partial charge in [0.25, 0.3) is 0 Å². The molecule has 1 rings (SSSR count). The Bertz CT molecular complexity index is 153. The smallest absolute Gasteiger partial charge is 0.0549 e. The van der Waals surface area contributed by atoms with Gasteiger partial charge in [-0.1, -0.05) is 13.8 Å². The summed E-state index contributed by atoms with van der Waals surface area (Å²) in [5.41, 5.74) is 0. The lowest BCUT2D eigenvalue weighted by atomic mass is 10.1. The molecule has 0 spiro atoms. The molecule has 0 aliphatic carbocycles. The zero-order valence-electron chi connectivity index (χ0n) is 10.6. The average Bonchev–Trinajstić information content (AvgIpc) is 2.63. The van der Waals surface area contributed by atoms with Crippen molar-refractivity contribution in [2.24, 2.45) is 5.92 Å². The summed E-state index contributed by atoms with van der Waals surface area (Å²) in [6, 6.07) is 0.772. The second kappa shape index (κ2) is 7.24. The molecule has 1 heterocycles. The third-order valence-corrected chi connectivity index (χ3v) is 3.06. The zero-order valence-corrected chi connectivity index (χ0v) is 10.6. The Morgan fingerprint density at radius 3 is 2.73 bits per heavy atom. The van der Waals surface area contributed by atoms with Gasteiger partial charge < -0.3 is 10.1 Å². The molecule has 90 valence electrons. The van der Waals surface area contributed by atoms with Crippen LogP contribution >= 0.6 is 0 Å². The van der Waals surface area contributed by atoms with Crippen LogP contribution in [0.15, 0.2) is 0 Å². The molecule has 1 fully saturated rings. The molecule has 0 amide bonds. The Morgan fingerprint density at radius 2 is 2.13 bits per heavy atom. The number of rotatable bonds is 7. The van der Waals surface area contributed by atoms with E-state index >= 15 is 0 Å². The molecule has 2 nitrogen and oxygen atoms in total. The van der Waals surface area contributed by atoms with Crippen molar-refractivity contribution in [1.82, 2.24) is 5.32 Å². The minimum absolute atomic E-state index is 0.432. The Balaban J connectivity index is 1.91. The molecule has 1 N–H and O–H groups in total. The summed E-state index contributed by atoms with van der Waals surface area (Å²) in [6.07, 6.45) is 6.83. The van der Waals surface area contributed by atoms with E-state index < -0.39 is 0 Å². The van der Waals surface area contributed by atoms with Gasteiger partial charge in [-0.3, -0.25) is 0 Å². The van der Waals surface area contributed by atoms with Crippen LogP contribution in [-0.2, 0) is 4.74 Å². The number of hydrogen-bond donors (Lipinski definition) is 1. The van der Waals surface area contributed by atoms with Gasteiger partial charge in [-0.25, -0.2) is 0 Å². The molecular formula is C13H27NO. The van der Waals surface area contributed by atoms with Gasteiger partial charge in [-0.2, -0.15) is 0 Å². The highest BCUT2D eigenvalue weighted by Crippen LogP contribution is 2.12. The number of ether oxygens (including phenoxy) is 1. The van der Waals surface area contributed by atoms with E-state index in [1.165, 1.54) is 38.6 Å². The van der Waals surface area contributed by atoms with Gasteiger partial charge in [0.05, 0.1) is 6.10 Å². The van der Waals surface area contributed by atoms with Crippen LogP contribution in [0.3, 0.4) is 0 Å². The third kappa shape index (κ3) is 6.16. The summed E-state index contributed by atoms with van der Waals surface area (Å²) in [4.78, 5) is 0. The largest absolute Gasteiger partial charge is 0.378 e. The molecule has 0 aromatic carbocycles. The van der Waals surface area contributed by atoms with Crippen LogP contribution in [-0.4, -0.2) is 25.3 Å². The van der Waals surface area contributed by atoms with Crippen LogP contribution in [0.4, 0.5) is 0 Å². The van der Waals surface area contributed by atoms with Crippen LogP contribution in [0.5, 0.6) is 0 Å². The van der Waals surface area contributed by atoms with Crippen molar-refractivity contribution in [3.63, 3.8) is 0 Å². The first-order valence-electron chi connectivity index (χ1n) is 6.53. The standard InChI is InChI=1S/C13H27NO/c1-11(2)10-12(3)15-9-5-7-13-6-4-8-14-13/h11-14H,4-10H2,1-3H3. The van der Waals surface area contributed by atoms with Gasteiger partial charge in [0.2, 0.25) is 0 Å². The molecule has 2 heteroatoms. The molecule has 0 bridgehead atoms. The van der Waals surface area contributed by atoms with Crippen LogP contribution < -0.4 is 5.32 Å². The molecule has 15 heavy (non-hydrogen) atoms. The molecule has 0 saturated carbocycles. The maximum absolute atomic E-state index is 5.78. The Hall–Kier alpha value is -0.0800. The van der Waals surface area contributed by atoms with E-state index in [9.17, 15) is 0 Å². The zero-order chi connectivity index (χ0) is 11.1. The monoisotopic (exact) mass is 213 g/mol. The fraction of sp³-hybridized carbons (Fsp3) is 1.00. The highest BCUT2D eigenvalue weighted by Gasteiger charge is 2.13. The van der Waals surface area contributed by atoms with Crippen LogP contribution in [0.2, 0.25) is 0 Å². The molecule has 0 aromatic rings. The first-order valence-corrected chi connectivity index (χ1v) is 6.53. The van der Waals surface area contributed by atoms with Crippen molar-refractivity contribution in [2.75, 3.05) is 13.2 Å². The lowest BCUT2D eigenvalue weighted by Crippen LogP contribution is -2.22. The Kier molecular flexibility index (Phi) is 6.26. The molecule has 0 aromatic heterocycles. The van der Waals surface area contributed by atoms with Gasteiger partial charge in [-0.05, 0) is 51.5 Å². The van der Waals surface area contributed by atoms with Crippen molar-refractivity contribution < 1.29 is 4.74 Å². The minimum atomic E-state index is 0.432. The van der Waals surface area contributed by atoms with Gasteiger partial charge in [0, 0.05) is 12.6 Å². The predicted octanol–water partition coefficient (Wildman–Crippen LogP) is 2.97. The van der Waals surface area contributed by atoms with Gasteiger partial charge >= 0.3 is 0 Å². The normalized spacial score (nSPS) is 23.6. The van der Waals surface area contributed by atoms with Gasteiger partial charge in [0.15, 0.2) is 0 Å². The number of hydrogen-bond acceptors (Lipinski definition) is 2. The van der Waals surface area contributed by atoms with E-state index in [-0.39, 0.29) is 0 Å². The van der Waals surface area contributed by atoms with E-state index in [4.69, 9.17) is 4.74 Å². The van der Waals surface area contributed by atoms with E-state index in [0.29, 0.717) is 6.10 Å². The van der Waals surface area contributed by atoms with Crippen LogP contribution in [0, 0.1) is 5.92 Å². The Morgan fingerprint density at radius 1 is 1.33 bits per heavy atom. The second-order valence-electron chi connectivity index (χ2n) is 5.25. The molecule has 1 aliphatic rings. The van der Waals surface area contributed by atoms with Crippen molar-refractivity contribution in [3.8, 4) is 0 Å². The highest BCUT2D eigenvalue weighted by molar-refractivity contribution is 4.73. The van der Waals surface area contributed by atoms with Crippen LogP contribution in [0.1, 0.15) is 52.9 Å². The first-order chi connectivity index (χ1) is 7.18. The summed E-state index contributed by atoms with van der Waals surface area (Å²) in [7, 11) is 0. The fourth-order valence-electron chi connectivity index (χ4n) is 2.35. The predicted molar refractivity (Wildman–Crippen MR) is 65.1 cm³/mol.